The Balaban J connectivity index is 0.00000241. The highest BCUT2D eigenvalue weighted by Gasteiger charge is 2.15. The van der Waals surface area contributed by atoms with Crippen molar-refractivity contribution < 1.29 is 22.2 Å². The first-order chi connectivity index (χ1) is 16.8. The number of benzene rings is 2. The molecule has 0 aliphatic carbocycles. The number of aliphatic hydroxyl groups is 1. The lowest BCUT2D eigenvalue weighted by Gasteiger charge is -2.08. The third-order valence-electron chi connectivity index (χ3n) is 5.53. The Hall–Kier alpha value is -3.24. The zero-order valence-corrected chi connectivity index (χ0v) is 21.7. The first kappa shape index (κ1) is 27.3. The summed E-state index contributed by atoms with van der Waals surface area (Å²) in [5, 5.41) is 16.9. The lowest BCUT2D eigenvalue weighted by molar-refractivity contribution is 0.191. The third kappa shape index (κ3) is 6.50. The van der Waals surface area contributed by atoms with Crippen LogP contribution in [-0.2, 0) is 17.3 Å². The average Bonchev–Trinajstić information content (AvgIpc) is 3.34. The fourth-order valence-corrected chi connectivity index (χ4v) is 4.54. The smallest absolute Gasteiger partial charge is 0.187 e. The van der Waals surface area contributed by atoms with E-state index in [9.17, 15) is 9.32 Å². The molecule has 0 fully saturated rings. The van der Waals surface area contributed by atoms with Crippen LogP contribution in [-0.4, -0.2) is 47.8 Å². The third-order valence-corrected chi connectivity index (χ3v) is 7.12. The molecule has 8 nitrogen and oxygen atoms in total. The number of aryl methyl sites for hydroxylation is 1. The van der Waals surface area contributed by atoms with Gasteiger partial charge in [-0.3, -0.25) is 9.19 Å². The molecule has 0 bridgehead atoms. The van der Waals surface area contributed by atoms with Crippen molar-refractivity contribution in [2.24, 2.45) is 0 Å². The highest BCUT2D eigenvalue weighted by Crippen LogP contribution is 2.29. The topological polar surface area (TPSA) is 133 Å². The van der Waals surface area contributed by atoms with Gasteiger partial charge in [-0.15, -0.1) is 0 Å². The molecule has 0 saturated carbocycles. The van der Waals surface area contributed by atoms with Crippen LogP contribution in [0, 0.1) is 6.92 Å². The summed E-state index contributed by atoms with van der Waals surface area (Å²) in [4.78, 5) is 10.1. The first-order valence-corrected chi connectivity index (χ1v) is 12.8. The monoisotopic (exact) mass is 512 g/mol. The van der Waals surface area contributed by atoms with Crippen molar-refractivity contribution in [2.45, 2.75) is 50.5 Å². The van der Waals surface area contributed by atoms with Crippen molar-refractivity contribution in [1.29, 1.82) is 0 Å². The van der Waals surface area contributed by atoms with Crippen LogP contribution in [0.25, 0.3) is 34.0 Å². The van der Waals surface area contributed by atoms with E-state index in [1.54, 1.807) is 13.1 Å². The van der Waals surface area contributed by atoms with Gasteiger partial charge in [0.15, 0.2) is 5.76 Å². The normalized spacial score (nSPS) is 12.8. The lowest BCUT2D eigenvalue weighted by Crippen LogP contribution is -2.23. The quantitative estimate of drug-likeness (QED) is 0.339. The van der Waals surface area contributed by atoms with Crippen LogP contribution in [0.4, 0.5) is 0 Å². The van der Waals surface area contributed by atoms with Crippen LogP contribution >= 0.6 is 0 Å². The molecule has 0 aliphatic rings. The van der Waals surface area contributed by atoms with Gasteiger partial charge in [0.25, 0.3) is 0 Å². The molecule has 0 radical (unpaired) electrons. The van der Waals surface area contributed by atoms with Crippen molar-refractivity contribution in [3.8, 4) is 34.0 Å². The second kappa shape index (κ2) is 12.1. The van der Waals surface area contributed by atoms with E-state index in [-0.39, 0.29) is 19.7 Å². The van der Waals surface area contributed by atoms with Crippen molar-refractivity contribution in [3.05, 3.63) is 72.1 Å². The zero-order chi connectivity index (χ0) is 24.9. The molecule has 0 aliphatic heterocycles. The molecule has 36 heavy (non-hydrogen) atoms. The molecule has 2 heterocycles. The van der Waals surface area contributed by atoms with Crippen LogP contribution in [0.2, 0.25) is 0 Å². The van der Waals surface area contributed by atoms with Gasteiger partial charge < -0.3 is 20.4 Å². The SMILES string of the molecule is Cc1ncc(-c2ccc(S(=O)C(C)C)cc2)nc1-c1cc(-c2ccc(CNCC(C)O)cc2)no1.O.[HH].[HH]. The van der Waals surface area contributed by atoms with E-state index in [2.05, 4.69) is 15.5 Å². The number of nitrogens with zero attached hydrogens (tertiary/aromatic N) is 3. The number of aliphatic hydroxyl groups excluding tert-OH is 1. The summed E-state index contributed by atoms with van der Waals surface area (Å²) >= 11 is 0. The van der Waals surface area contributed by atoms with Gasteiger partial charge in [-0.2, -0.15) is 0 Å². The van der Waals surface area contributed by atoms with Crippen molar-refractivity contribution >= 4 is 10.8 Å². The van der Waals surface area contributed by atoms with Gasteiger partial charge in [0.1, 0.15) is 11.4 Å². The summed E-state index contributed by atoms with van der Waals surface area (Å²) in [5.74, 6) is 0.548. The van der Waals surface area contributed by atoms with Crippen LogP contribution in [0.3, 0.4) is 0 Å². The molecule has 0 amide bonds. The Kier molecular flexibility index (Phi) is 9.22. The zero-order valence-electron chi connectivity index (χ0n) is 20.9. The number of hydrogen-bond acceptors (Lipinski definition) is 7. The highest BCUT2D eigenvalue weighted by molar-refractivity contribution is 7.85. The van der Waals surface area contributed by atoms with Crippen LogP contribution in [0.5, 0.6) is 0 Å². The van der Waals surface area contributed by atoms with E-state index >= 15 is 0 Å². The van der Waals surface area contributed by atoms with E-state index in [4.69, 9.17) is 9.51 Å². The van der Waals surface area contributed by atoms with E-state index in [1.165, 1.54) is 0 Å². The molecule has 194 valence electrons. The second-order valence-electron chi connectivity index (χ2n) is 8.81. The largest absolute Gasteiger partial charge is 0.412 e. The maximum atomic E-state index is 12.3. The van der Waals surface area contributed by atoms with E-state index in [1.807, 2.05) is 75.4 Å². The number of rotatable bonds is 9. The Morgan fingerprint density at radius 1 is 1.03 bits per heavy atom. The lowest BCUT2D eigenvalue weighted by atomic mass is 10.1. The second-order valence-corrected chi connectivity index (χ2v) is 10.8. The summed E-state index contributed by atoms with van der Waals surface area (Å²) in [6, 6.07) is 17.5. The van der Waals surface area contributed by atoms with Gasteiger partial charge >= 0.3 is 0 Å². The van der Waals surface area contributed by atoms with Gasteiger partial charge in [0.05, 0.1) is 34.5 Å². The Morgan fingerprint density at radius 2 is 1.67 bits per heavy atom. The molecule has 0 saturated heterocycles. The van der Waals surface area contributed by atoms with Gasteiger partial charge in [0.2, 0.25) is 0 Å². The minimum Gasteiger partial charge on any atom is -0.412 e. The fraction of sp³-hybridized carbons (Fsp3) is 0.296. The van der Waals surface area contributed by atoms with E-state index in [0.29, 0.717) is 30.2 Å². The molecule has 0 spiro atoms. The standard InChI is InChI=1S/C27H30N4O3S.H2O.2H2/c1-17(2)35(33)23-11-9-22(10-12-23)25-16-29-19(4)27(30-25)26-13-24(31-34-26)21-7-5-20(6-8-21)15-28-14-18(3)32;;;/h5-13,16-18,28,32H,14-15H2,1-4H3;1H2;2*1H. The molecule has 2 unspecified atom stereocenters. The number of nitrogens with one attached hydrogen (secondary N) is 1. The maximum Gasteiger partial charge on any atom is 0.187 e. The summed E-state index contributed by atoms with van der Waals surface area (Å²) in [7, 11) is -1.03. The molecule has 2 aromatic carbocycles. The molecular formula is C27H36N4O4S. The Morgan fingerprint density at radius 3 is 2.31 bits per heavy atom. The van der Waals surface area contributed by atoms with Gasteiger partial charge in [-0.05, 0) is 31.5 Å². The molecule has 4 N–H and O–H groups in total. The van der Waals surface area contributed by atoms with Crippen LogP contribution in [0.1, 0.15) is 34.9 Å². The number of hydrogen-bond donors (Lipinski definition) is 2. The predicted octanol–water partition coefficient (Wildman–Crippen LogP) is 4.43. The average molecular weight is 513 g/mol. The van der Waals surface area contributed by atoms with Crippen molar-refractivity contribution in [3.63, 3.8) is 0 Å². The Labute approximate surface area is 216 Å². The maximum absolute atomic E-state index is 12.3. The molecule has 4 rings (SSSR count). The highest BCUT2D eigenvalue weighted by atomic mass is 32.2. The summed E-state index contributed by atoms with van der Waals surface area (Å²) in [6.07, 6.45) is 1.36. The van der Waals surface area contributed by atoms with Crippen LogP contribution < -0.4 is 5.32 Å². The molecule has 2 atom stereocenters. The molecule has 9 heteroatoms. The molecule has 2 aromatic heterocycles. The van der Waals surface area contributed by atoms with Gasteiger partial charge in [-0.1, -0.05) is 55.4 Å². The minimum absolute atomic E-state index is 0. The van der Waals surface area contributed by atoms with Crippen molar-refractivity contribution in [1.82, 2.24) is 20.4 Å². The summed E-state index contributed by atoms with van der Waals surface area (Å²) < 4.78 is 18.0. The fourth-order valence-electron chi connectivity index (χ4n) is 3.60. The van der Waals surface area contributed by atoms with Crippen molar-refractivity contribution in [2.75, 3.05) is 6.54 Å². The van der Waals surface area contributed by atoms with E-state index in [0.717, 1.165) is 33.0 Å². The van der Waals surface area contributed by atoms with Gasteiger partial charge in [-0.25, -0.2) is 4.98 Å². The van der Waals surface area contributed by atoms with E-state index < -0.39 is 10.8 Å². The Bertz CT molecular complexity index is 1310. The van der Waals surface area contributed by atoms with Gasteiger partial charge in [0, 0.05) is 43.3 Å². The predicted molar refractivity (Wildman–Crippen MR) is 146 cm³/mol. The molecular weight excluding hydrogens is 476 g/mol. The summed E-state index contributed by atoms with van der Waals surface area (Å²) in [6.45, 7) is 8.77. The minimum atomic E-state index is -1.03. The molecule has 4 aromatic rings. The summed E-state index contributed by atoms with van der Waals surface area (Å²) in [5.41, 5.74) is 5.76. The van der Waals surface area contributed by atoms with Crippen LogP contribution in [0.15, 0.2) is 70.2 Å². The number of aromatic nitrogens is 3. The first-order valence-electron chi connectivity index (χ1n) is 11.6.